The Morgan fingerprint density at radius 1 is 0.921 bits per heavy atom. The summed E-state index contributed by atoms with van der Waals surface area (Å²) in [4.78, 5) is 24.7. The molecule has 0 atom stereocenters. The van der Waals surface area contributed by atoms with E-state index in [-0.39, 0.29) is 18.7 Å². The number of benzene rings is 2. The molecule has 206 valence electrons. The summed E-state index contributed by atoms with van der Waals surface area (Å²) in [6.45, 7) is 2.46. The van der Waals surface area contributed by atoms with Crippen LogP contribution >= 0.6 is 0 Å². The Bertz CT molecular complexity index is 1040. The van der Waals surface area contributed by atoms with Gasteiger partial charge in [-0.15, -0.1) is 0 Å². The number of anilines is 2. The maximum atomic E-state index is 12.6. The van der Waals surface area contributed by atoms with Gasteiger partial charge in [0.1, 0.15) is 6.10 Å². The number of unbranched alkanes of at least 4 members (excludes halogenated alkanes) is 5. The first kappa shape index (κ1) is 29.3. The fraction of sp³-hybridized carbons (Fsp3) is 0.500. The standard InChI is InChI=1S/C32H44N2O4/c1-2-3-4-5-6-7-8-24-11-17-29(18-12-24)38-32(36)26-14-9-25(10-15-26)13-20-31(35)37-22-21-27-23-28(33)16-19-30(27)34/h9-10,13-16,19-20,23-24,29H,2-8,11-12,17-18,21-22,33-34H2,1H3. The Labute approximate surface area is 227 Å². The second-order valence-electron chi connectivity index (χ2n) is 10.4. The van der Waals surface area contributed by atoms with Gasteiger partial charge in [-0.3, -0.25) is 0 Å². The Hall–Kier alpha value is -3.28. The molecule has 0 bridgehead atoms. The average molecular weight is 521 g/mol. The van der Waals surface area contributed by atoms with E-state index < -0.39 is 5.97 Å². The maximum absolute atomic E-state index is 12.6. The van der Waals surface area contributed by atoms with Crippen LogP contribution in [0.3, 0.4) is 0 Å². The van der Waals surface area contributed by atoms with Crippen LogP contribution in [0.25, 0.3) is 6.08 Å². The number of nitrogens with two attached hydrogens (primary N) is 2. The molecular formula is C32H44N2O4. The van der Waals surface area contributed by atoms with Crippen molar-refractivity contribution in [3.8, 4) is 0 Å². The van der Waals surface area contributed by atoms with Gasteiger partial charge in [0.25, 0.3) is 0 Å². The number of carbonyl (C=O) groups is 2. The number of hydrogen-bond donors (Lipinski definition) is 2. The lowest BCUT2D eigenvalue weighted by Gasteiger charge is -2.28. The van der Waals surface area contributed by atoms with Crippen LogP contribution in [0.4, 0.5) is 11.4 Å². The van der Waals surface area contributed by atoms with Gasteiger partial charge in [-0.2, -0.15) is 0 Å². The smallest absolute Gasteiger partial charge is 0.338 e. The van der Waals surface area contributed by atoms with Crippen molar-refractivity contribution in [2.45, 2.75) is 90.1 Å². The molecule has 3 rings (SSSR count). The summed E-state index contributed by atoms with van der Waals surface area (Å²) in [5.41, 5.74) is 15.1. The molecule has 0 heterocycles. The molecular weight excluding hydrogens is 476 g/mol. The third-order valence-corrected chi connectivity index (χ3v) is 7.37. The largest absolute Gasteiger partial charge is 0.462 e. The van der Waals surface area contributed by atoms with Gasteiger partial charge >= 0.3 is 11.9 Å². The Kier molecular flexibility index (Phi) is 12.2. The minimum absolute atomic E-state index is 0.0142. The maximum Gasteiger partial charge on any atom is 0.338 e. The predicted octanol–water partition coefficient (Wildman–Crippen LogP) is 7.12. The van der Waals surface area contributed by atoms with Crippen molar-refractivity contribution in [1.82, 2.24) is 0 Å². The molecule has 1 saturated carbocycles. The first-order valence-electron chi connectivity index (χ1n) is 14.2. The zero-order valence-corrected chi connectivity index (χ0v) is 22.8. The Morgan fingerprint density at radius 2 is 1.63 bits per heavy atom. The van der Waals surface area contributed by atoms with Crippen molar-refractivity contribution in [1.29, 1.82) is 0 Å². The minimum Gasteiger partial charge on any atom is -0.462 e. The van der Waals surface area contributed by atoms with Crippen LogP contribution in [-0.4, -0.2) is 24.6 Å². The first-order chi connectivity index (χ1) is 18.4. The zero-order valence-electron chi connectivity index (χ0n) is 22.8. The number of carbonyl (C=O) groups excluding carboxylic acids is 2. The molecule has 1 fully saturated rings. The second-order valence-corrected chi connectivity index (χ2v) is 10.4. The van der Waals surface area contributed by atoms with Gasteiger partial charge in [0.2, 0.25) is 0 Å². The van der Waals surface area contributed by atoms with E-state index in [0.29, 0.717) is 23.4 Å². The molecule has 6 nitrogen and oxygen atoms in total. The van der Waals surface area contributed by atoms with Crippen molar-refractivity contribution in [3.05, 3.63) is 65.2 Å². The summed E-state index contributed by atoms with van der Waals surface area (Å²) in [5.74, 6) is 0.0624. The van der Waals surface area contributed by atoms with Crippen LogP contribution in [0.15, 0.2) is 48.5 Å². The summed E-state index contributed by atoms with van der Waals surface area (Å²) in [6, 6.07) is 12.3. The number of hydrogen-bond acceptors (Lipinski definition) is 6. The van der Waals surface area contributed by atoms with Gasteiger partial charge in [0.05, 0.1) is 12.2 Å². The van der Waals surface area contributed by atoms with Gasteiger partial charge in [-0.05, 0) is 79.1 Å². The average Bonchev–Trinajstić information content (AvgIpc) is 2.92. The molecule has 0 radical (unpaired) electrons. The molecule has 0 saturated heterocycles. The number of ether oxygens (including phenoxy) is 2. The molecule has 38 heavy (non-hydrogen) atoms. The molecule has 2 aromatic rings. The van der Waals surface area contributed by atoms with E-state index in [9.17, 15) is 9.59 Å². The lowest BCUT2D eigenvalue weighted by Crippen LogP contribution is -2.24. The second kappa shape index (κ2) is 15.9. The summed E-state index contributed by atoms with van der Waals surface area (Å²) in [6.07, 6.45) is 17.1. The monoisotopic (exact) mass is 520 g/mol. The van der Waals surface area contributed by atoms with Crippen LogP contribution < -0.4 is 11.5 Å². The first-order valence-corrected chi connectivity index (χ1v) is 14.2. The fourth-order valence-corrected chi connectivity index (χ4v) is 5.02. The van der Waals surface area contributed by atoms with Crippen molar-refractivity contribution in [3.63, 3.8) is 0 Å². The molecule has 6 heteroatoms. The van der Waals surface area contributed by atoms with E-state index in [1.54, 1.807) is 48.5 Å². The van der Waals surface area contributed by atoms with Gasteiger partial charge in [0, 0.05) is 23.9 Å². The van der Waals surface area contributed by atoms with Gasteiger partial charge in [-0.1, -0.05) is 64.0 Å². The Balaban J connectivity index is 1.34. The molecule has 1 aliphatic carbocycles. The van der Waals surface area contributed by atoms with E-state index in [1.807, 2.05) is 0 Å². The predicted molar refractivity (Wildman–Crippen MR) is 155 cm³/mol. The number of esters is 2. The molecule has 0 unspecified atom stereocenters. The summed E-state index contributed by atoms with van der Waals surface area (Å²) in [5, 5.41) is 0. The zero-order chi connectivity index (χ0) is 27.2. The van der Waals surface area contributed by atoms with E-state index >= 15 is 0 Å². The van der Waals surface area contributed by atoms with E-state index in [2.05, 4.69) is 6.92 Å². The highest BCUT2D eigenvalue weighted by molar-refractivity contribution is 5.90. The molecule has 0 spiro atoms. The molecule has 1 aliphatic rings. The quantitative estimate of drug-likeness (QED) is 0.119. The highest BCUT2D eigenvalue weighted by Crippen LogP contribution is 2.30. The van der Waals surface area contributed by atoms with Crippen LogP contribution in [0.1, 0.15) is 99.0 Å². The molecule has 0 aromatic heterocycles. The normalized spacial score (nSPS) is 17.4. The lowest BCUT2D eigenvalue weighted by atomic mass is 9.84. The summed E-state index contributed by atoms with van der Waals surface area (Å²) in [7, 11) is 0. The van der Waals surface area contributed by atoms with Crippen LogP contribution in [0, 0.1) is 5.92 Å². The molecule has 0 aliphatic heterocycles. The number of nitrogen functional groups attached to an aromatic ring is 2. The van der Waals surface area contributed by atoms with Crippen molar-refractivity contribution < 1.29 is 19.1 Å². The van der Waals surface area contributed by atoms with Crippen LogP contribution in [0.2, 0.25) is 0 Å². The molecule has 0 amide bonds. The highest BCUT2D eigenvalue weighted by Gasteiger charge is 2.24. The van der Waals surface area contributed by atoms with Gasteiger partial charge < -0.3 is 20.9 Å². The van der Waals surface area contributed by atoms with E-state index in [1.165, 1.54) is 51.0 Å². The van der Waals surface area contributed by atoms with E-state index in [0.717, 1.165) is 42.7 Å². The van der Waals surface area contributed by atoms with Gasteiger partial charge in [0.15, 0.2) is 0 Å². The van der Waals surface area contributed by atoms with Crippen LogP contribution in [-0.2, 0) is 20.7 Å². The summed E-state index contributed by atoms with van der Waals surface area (Å²) < 4.78 is 11.0. The SMILES string of the molecule is CCCCCCCCC1CCC(OC(=O)c2ccc(C=CC(=O)OCCc3cc(N)ccc3N)cc2)CC1. The Morgan fingerprint density at radius 3 is 2.37 bits per heavy atom. The molecule has 2 aromatic carbocycles. The minimum atomic E-state index is -0.442. The number of rotatable bonds is 14. The third-order valence-electron chi connectivity index (χ3n) is 7.37. The topological polar surface area (TPSA) is 105 Å². The van der Waals surface area contributed by atoms with E-state index in [4.69, 9.17) is 20.9 Å². The highest BCUT2D eigenvalue weighted by atomic mass is 16.5. The van der Waals surface area contributed by atoms with Gasteiger partial charge in [-0.25, -0.2) is 9.59 Å². The van der Waals surface area contributed by atoms with Crippen molar-refractivity contribution >= 4 is 29.4 Å². The van der Waals surface area contributed by atoms with Crippen molar-refractivity contribution in [2.75, 3.05) is 18.1 Å². The van der Waals surface area contributed by atoms with Crippen LogP contribution in [0.5, 0.6) is 0 Å². The third kappa shape index (κ3) is 10.2. The summed E-state index contributed by atoms with van der Waals surface area (Å²) >= 11 is 0. The molecule has 4 N–H and O–H groups in total. The lowest BCUT2D eigenvalue weighted by molar-refractivity contribution is -0.137. The fourth-order valence-electron chi connectivity index (χ4n) is 5.02. The van der Waals surface area contributed by atoms with Crippen molar-refractivity contribution in [2.24, 2.45) is 5.92 Å².